The maximum atomic E-state index is 11.5. The zero-order valence-electron chi connectivity index (χ0n) is 11.9. The van der Waals surface area contributed by atoms with E-state index in [9.17, 15) is 25.1 Å². The first-order valence-electron chi connectivity index (χ1n) is 6.64. The summed E-state index contributed by atoms with van der Waals surface area (Å²) >= 11 is 0. The Morgan fingerprint density at radius 1 is 1.23 bits per heavy atom. The molecule has 2 aromatic rings. The highest BCUT2D eigenvalue weighted by Crippen LogP contribution is 2.26. The first-order valence-corrected chi connectivity index (χ1v) is 6.64. The molecule has 0 saturated carbocycles. The van der Waals surface area contributed by atoms with E-state index >= 15 is 0 Å². The van der Waals surface area contributed by atoms with E-state index in [-0.39, 0.29) is 17.9 Å². The molecule has 0 saturated heterocycles. The first kappa shape index (κ1) is 15.5. The molecule has 22 heavy (non-hydrogen) atoms. The number of nitro groups is 1. The Morgan fingerprint density at radius 3 is 2.41 bits per heavy atom. The van der Waals surface area contributed by atoms with Gasteiger partial charge in [-0.1, -0.05) is 24.3 Å². The number of aromatic hydroxyl groups is 1. The van der Waals surface area contributed by atoms with Crippen LogP contribution in [0.15, 0.2) is 42.5 Å². The maximum absolute atomic E-state index is 11.5. The topological polar surface area (TPSA) is 101 Å². The molecule has 0 amide bonds. The van der Waals surface area contributed by atoms with Crippen molar-refractivity contribution in [3.8, 4) is 5.75 Å². The van der Waals surface area contributed by atoms with Crippen LogP contribution in [-0.2, 0) is 11.2 Å². The van der Waals surface area contributed by atoms with E-state index < -0.39 is 16.8 Å². The van der Waals surface area contributed by atoms with Crippen LogP contribution in [0, 0.1) is 17.0 Å². The lowest BCUT2D eigenvalue weighted by atomic mass is 9.91. The minimum Gasteiger partial charge on any atom is -0.508 e. The second-order valence-electron chi connectivity index (χ2n) is 5.06. The molecule has 0 aromatic heterocycles. The highest BCUT2D eigenvalue weighted by atomic mass is 16.6. The van der Waals surface area contributed by atoms with Crippen molar-refractivity contribution in [2.24, 2.45) is 0 Å². The normalized spacial score (nSPS) is 11.9. The molecule has 2 rings (SSSR count). The van der Waals surface area contributed by atoms with Crippen LogP contribution < -0.4 is 0 Å². The number of phenolic OH excluding ortho intramolecular Hbond substituents is 1. The third-order valence-corrected chi connectivity index (χ3v) is 3.50. The molecule has 0 radical (unpaired) electrons. The number of benzene rings is 2. The number of phenols is 1. The predicted molar refractivity (Wildman–Crippen MR) is 80.0 cm³/mol. The Labute approximate surface area is 126 Å². The number of rotatable bonds is 5. The lowest BCUT2D eigenvalue weighted by molar-refractivity contribution is -0.385. The number of aliphatic carboxylic acids is 1. The van der Waals surface area contributed by atoms with Gasteiger partial charge in [-0.3, -0.25) is 14.9 Å². The van der Waals surface area contributed by atoms with Crippen LogP contribution in [0.3, 0.4) is 0 Å². The van der Waals surface area contributed by atoms with Gasteiger partial charge in [0.15, 0.2) is 0 Å². The monoisotopic (exact) mass is 301 g/mol. The van der Waals surface area contributed by atoms with Gasteiger partial charge in [-0.25, -0.2) is 0 Å². The van der Waals surface area contributed by atoms with Gasteiger partial charge in [0.25, 0.3) is 5.69 Å². The summed E-state index contributed by atoms with van der Waals surface area (Å²) in [7, 11) is 0. The summed E-state index contributed by atoms with van der Waals surface area (Å²) in [5.74, 6) is -1.80. The van der Waals surface area contributed by atoms with Crippen molar-refractivity contribution in [2.45, 2.75) is 19.3 Å². The molecule has 2 N–H and O–H groups in total. The van der Waals surface area contributed by atoms with Crippen LogP contribution in [0.5, 0.6) is 5.75 Å². The lowest BCUT2D eigenvalue weighted by Gasteiger charge is -2.13. The number of hydrogen-bond donors (Lipinski definition) is 2. The van der Waals surface area contributed by atoms with Crippen molar-refractivity contribution in [1.29, 1.82) is 0 Å². The minimum atomic E-state index is -1.02. The van der Waals surface area contributed by atoms with Crippen LogP contribution >= 0.6 is 0 Å². The average molecular weight is 301 g/mol. The van der Waals surface area contributed by atoms with E-state index in [2.05, 4.69) is 0 Å². The summed E-state index contributed by atoms with van der Waals surface area (Å²) < 4.78 is 0. The van der Waals surface area contributed by atoms with Crippen molar-refractivity contribution in [2.75, 3.05) is 0 Å². The summed E-state index contributed by atoms with van der Waals surface area (Å²) in [6.45, 7) is 1.64. The molecule has 6 nitrogen and oxygen atoms in total. The molecule has 0 bridgehead atoms. The van der Waals surface area contributed by atoms with Gasteiger partial charge >= 0.3 is 5.97 Å². The Bertz CT molecular complexity index is 709. The van der Waals surface area contributed by atoms with E-state index in [1.165, 1.54) is 30.3 Å². The number of carboxylic acids is 1. The van der Waals surface area contributed by atoms with Gasteiger partial charge in [0.2, 0.25) is 0 Å². The smallest absolute Gasteiger partial charge is 0.311 e. The van der Waals surface area contributed by atoms with Crippen molar-refractivity contribution >= 4 is 11.7 Å². The zero-order chi connectivity index (χ0) is 16.3. The van der Waals surface area contributed by atoms with E-state index in [4.69, 9.17) is 0 Å². The number of nitrogens with zero attached hydrogens (tertiary/aromatic N) is 1. The minimum absolute atomic E-state index is 0.0210. The summed E-state index contributed by atoms with van der Waals surface area (Å²) in [6.07, 6.45) is 0.140. The van der Waals surface area contributed by atoms with Crippen molar-refractivity contribution in [3.05, 3.63) is 69.3 Å². The molecular formula is C16H15NO5. The lowest BCUT2D eigenvalue weighted by Crippen LogP contribution is -2.14. The van der Waals surface area contributed by atoms with E-state index in [0.29, 0.717) is 16.7 Å². The number of nitro benzene ring substituents is 1. The highest BCUT2D eigenvalue weighted by molar-refractivity contribution is 5.76. The standard InChI is InChI=1S/C16H15NO5/c1-10-2-3-11(9-15(10)17(21)22)8-14(16(19)20)12-4-6-13(18)7-5-12/h2-7,9,14,18H,8H2,1H3,(H,19,20). The summed E-state index contributed by atoms with van der Waals surface area (Å²) in [6, 6.07) is 10.6. The quantitative estimate of drug-likeness (QED) is 0.653. The molecular weight excluding hydrogens is 286 g/mol. The molecule has 1 atom stereocenters. The van der Waals surface area contributed by atoms with Gasteiger partial charge in [0.1, 0.15) is 5.75 Å². The fraction of sp³-hybridized carbons (Fsp3) is 0.188. The highest BCUT2D eigenvalue weighted by Gasteiger charge is 2.22. The number of aryl methyl sites for hydroxylation is 1. The number of carbonyl (C=O) groups is 1. The van der Waals surface area contributed by atoms with Crippen LogP contribution in [0.2, 0.25) is 0 Å². The Balaban J connectivity index is 2.32. The summed E-state index contributed by atoms with van der Waals surface area (Å²) in [5.41, 5.74) is 1.63. The van der Waals surface area contributed by atoms with Gasteiger partial charge in [-0.15, -0.1) is 0 Å². The molecule has 0 aliphatic heterocycles. The second-order valence-corrected chi connectivity index (χ2v) is 5.06. The number of carboxylic acid groups (broad SMARTS) is 1. The molecule has 2 aromatic carbocycles. The Kier molecular flexibility index (Phi) is 4.41. The Morgan fingerprint density at radius 2 is 1.86 bits per heavy atom. The van der Waals surface area contributed by atoms with Gasteiger partial charge < -0.3 is 10.2 Å². The zero-order valence-corrected chi connectivity index (χ0v) is 11.9. The van der Waals surface area contributed by atoms with Gasteiger partial charge in [0.05, 0.1) is 10.8 Å². The fourth-order valence-corrected chi connectivity index (χ4v) is 2.27. The SMILES string of the molecule is Cc1ccc(CC(C(=O)O)c2ccc(O)cc2)cc1[N+](=O)[O-]. The molecule has 6 heteroatoms. The molecule has 0 aliphatic carbocycles. The third-order valence-electron chi connectivity index (χ3n) is 3.50. The largest absolute Gasteiger partial charge is 0.508 e. The second kappa shape index (κ2) is 6.26. The van der Waals surface area contributed by atoms with E-state index in [1.54, 1.807) is 19.1 Å². The van der Waals surface area contributed by atoms with Gasteiger partial charge in [-0.05, 0) is 36.6 Å². The van der Waals surface area contributed by atoms with Crippen molar-refractivity contribution in [3.63, 3.8) is 0 Å². The number of hydrogen-bond acceptors (Lipinski definition) is 4. The molecule has 0 heterocycles. The molecule has 0 fully saturated rings. The van der Waals surface area contributed by atoms with Crippen LogP contribution in [-0.4, -0.2) is 21.1 Å². The average Bonchev–Trinajstić information content (AvgIpc) is 2.47. The van der Waals surface area contributed by atoms with Crippen LogP contribution in [0.25, 0.3) is 0 Å². The van der Waals surface area contributed by atoms with Crippen molar-refractivity contribution in [1.82, 2.24) is 0 Å². The maximum Gasteiger partial charge on any atom is 0.311 e. The molecule has 1 unspecified atom stereocenters. The summed E-state index contributed by atoms with van der Waals surface area (Å²) in [4.78, 5) is 22.0. The van der Waals surface area contributed by atoms with Crippen LogP contribution in [0.4, 0.5) is 5.69 Å². The fourth-order valence-electron chi connectivity index (χ4n) is 2.27. The van der Waals surface area contributed by atoms with Gasteiger partial charge in [-0.2, -0.15) is 0 Å². The third kappa shape index (κ3) is 3.41. The summed E-state index contributed by atoms with van der Waals surface area (Å²) in [5, 5.41) is 29.6. The first-order chi connectivity index (χ1) is 10.4. The predicted octanol–water partition coefficient (Wildman–Crippen LogP) is 3.02. The molecule has 0 spiro atoms. The Hall–Kier alpha value is -2.89. The van der Waals surface area contributed by atoms with E-state index in [1.807, 2.05) is 0 Å². The molecule has 0 aliphatic rings. The molecule has 114 valence electrons. The van der Waals surface area contributed by atoms with Crippen molar-refractivity contribution < 1.29 is 19.9 Å². The van der Waals surface area contributed by atoms with E-state index in [0.717, 1.165) is 0 Å². The van der Waals surface area contributed by atoms with Gasteiger partial charge in [0, 0.05) is 11.6 Å². The van der Waals surface area contributed by atoms with Crippen LogP contribution in [0.1, 0.15) is 22.6 Å².